The molecule has 0 spiro atoms. The van der Waals surface area contributed by atoms with E-state index >= 15 is 0 Å². The van der Waals surface area contributed by atoms with Gasteiger partial charge in [-0.15, -0.1) is 0 Å². The molecule has 14 heteroatoms. The van der Waals surface area contributed by atoms with Crippen LogP contribution in [0, 0.1) is 0 Å². The average molecular weight is 573 g/mol. The minimum atomic E-state index is -2.96. The number of nitrogens with one attached hydrogen (secondary N) is 2. The molecule has 1 saturated heterocycles. The number of carboxylic acid groups (broad SMARTS) is 1. The van der Waals surface area contributed by atoms with Crippen LogP contribution in [0.2, 0.25) is 0 Å². The smallest absolute Gasteiger partial charge is 0.432 e. The Bertz CT molecular complexity index is 1520. The third-order valence-electron chi connectivity index (χ3n) is 7.67. The molecule has 2 fully saturated rings. The molecule has 5 rings (SSSR count). The van der Waals surface area contributed by atoms with Gasteiger partial charge in [-0.1, -0.05) is 12.1 Å². The first-order valence-electron chi connectivity index (χ1n) is 13.0. The van der Waals surface area contributed by atoms with E-state index in [9.17, 15) is 37.5 Å². The lowest BCUT2D eigenvalue weighted by atomic mass is 9.67. The van der Waals surface area contributed by atoms with Crippen LogP contribution in [0.3, 0.4) is 0 Å². The number of carbonyl (C=O) groups is 4. The molecule has 3 amide bonds. The van der Waals surface area contributed by atoms with E-state index in [-0.39, 0.29) is 48.6 Å². The van der Waals surface area contributed by atoms with E-state index in [1.807, 2.05) is 0 Å². The number of halogens is 3. The van der Waals surface area contributed by atoms with Gasteiger partial charge in [0.25, 0.3) is 0 Å². The van der Waals surface area contributed by atoms with Crippen molar-refractivity contribution in [1.82, 2.24) is 19.7 Å². The average Bonchev–Trinajstić information content (AvgIpc) is 3.52. The zero-order chi connectivity index (χ0) is 29.5. The van der Waals surface area contributed by atoms with Gasteiger partial charge < -0.3 is 20.6 Å². The molecule has 0 bridgehead atoms. The third-order valence-corrected chi connectivity index (χ3v) is 7.67. The Morgan fingerprint density at radius 1 is 1.00 bits per heavy atom. The molecule has 1 aromatic carbocycles. The third kappa shape index (κ3) is 5.45. The Hall–Kier alpha value is -4.49. The number of aromatic nitrogens is 3. The van der Waals surface area contributed by atoms with Gasteiger partial charge in [-0.05, 0) is 42.7 Å². The van der Waals surface area contributed by atoms with E-state index in [0.29, 0.717) is 11.3 Å². The standard InChI is InChI=1S/C27H27F3N6O5/c1-15(37)32-18-4-2-16(3-5-18)26(8-10-27(29,30)11-9-26)24(39)35-14-17(28)12-21(35)23(38)34-22-7-6-20-19(33-22)13-31-36(20)25(40)41/h2-7,13,17,21H,8-12,14H2,1H3,(H,32,37)(H,40,41)(H,33,34,38)/t17-,21-/m1/s1. The number of anilines is 2. The monoisotopic (exact) mass is 572 g/mol. The quantitative estimate of drug-likeness (QED) is 0.420. The van der Waals surface area contributed by atoms with E-state index < -0.39 is 54.3 Å². The Kier molecular flexibility index (Phi) is 7.17. The van der Waals surface area contributed by atoms with E-state index in [4.69, 9.17) is 0 Å². The number of rotatable bonds is 5. The van der Waals surface area contributed by atoms with Gasteiger partial charge in [-0.3, -0.25) is 14.4 Å². The fraction of sp³-hybridized carbons (Fsp3) is 0.407. The molecule has 0 unspecified atom stereocenters. The normalized spacial score (nSPS) is 21.4. The summed E-state index contributed by atoms with van der Waals surface area (Å²) < 4.78 is 43.9. The number of amides is 3. The lowest BCUT2D eigenvalue weighted by molar-refractivity contribution is -0.146. The highest BCUT2D eigenvalue weighted by molar-refractivity contribution is 6.00. The van der Waals surface area contributed by atoms with Crippen molar-refractivity contribution in [2.75, 3.05) is 17.2 Å². The number of hydrogen-bond acceptors (Lipinski definition) is 6. The molecule has 0 radical (unpaired) electrons. The van der Waals surface area contributed by atoms with Crippen molar-refractivity contribution in [2.24, 2.45) is 0 Å². The Morgan fingerprint density at radius 3 is 2.32 bits per heavy atom. The van der Waals surface area contributed by atoms with Crippen LogP contribution in [0.5, 0.6) is 0 Å². The predicted octanol–water partition coefficient (Wildman–Crippen LogP) is 3.94. The van der Waals surface area contributed by atoms with Gasteiger partial charge in [0.1, 0.15) is 23.5 Å². The molecular weight excluding hydrogens is 545 g/mol. The van der Waals surface area contributed by atoms with E-state index in [1.165, 1.54) is 25.3 Å². The van der Waals surface area contributed by atoms with Gasteiger partial charge in [0.15, 0.2) is 0 Å². The molecule has 2 atom stereocenters. The second kappa shape index (κ2) is 10.5. The fourth-order valence-corrected chi connectivity index (χ4v) is 5.62. The van der Waals surface area contributed by atoms with Crippen LogP contribution in [0.15, 0.2) is 42.6 Å². The highest BCUT2D eigenvalue weighted by atomic mass is 19.3. The topological polar surface area (TPSA) is 147 Å². The first-order chi connectivity index (χ1) is 19.4. The summed E-state index contributed by atoms with van der Waals surface area (Å²) in [5.74, 6) is -4.55. The van der Waals surface area contributed by atoms with Crippen LogP contribution in [0.1, 0.15) is 44.6 Å². The molecule has 2 aromatic heterocycles. The van der Waals surface area contributed by atoms with Crippen molar-refractivity contribution in [1.29, 1.82) is 0 Å². The van der Waals surface area contributed by atoms with Crippen molar-refractivity contribution >= 4 is 46.4 Å². The summed E-state index contributed by atoms with van der Waals surface area (Å²) in [6.45, 7) is 0.960. The number of likely N-dealkylation sites (tertiary alicyclic amines) is 1. The molecular formula is C27H27F3N6O5. The molecule has 3 N–H and O–H groups in total. The second-order valence-corrected chi connectivity index (χ2v) is 10.4. The van der Waals surface area contributed by atoms with Crippen molar-refractivity contribution in [3.63, 3.8) is 0 Å². The molecule has 2 aliphatic rings. The fourth-order valence-electron chi connectivity index (χ4n) is 5.62. The number of pyridine rings is 1. The summed E-state index contributed by atoms with van der Waals surface area (Å²) >= 11 is 0. The maximum absolute atomic E-state index is 14.7. The van der Waals surface area contributed by atoms with E-state index in [0.717, 1.165) is 9.58 Å². The van der Waals surface area contributed by atoms with Crippen LogP contribution in [0.25, 0.3) is 11.0 Å². The molecule has 216 valence electrons. The summed E-state index contributed by atoms with van der Waals surface area (Å²) in [6.07, 6.45) is -3.41. The van der Waals surface area contributed by atoms with Crippen molar-refractivity contribution < 1.29 is 37.5 Å². The van der Waals surface area contributed by atoms with Crippen LogP contribution in [0.4, 0.5) is 29.5 Å². The Labute approximate surface area is 231 Å². The van der Waals surface area contributed by atoms with Gasteiger partial charge in [-0.25, -0.2) is 22.9 Å². The largest absolute Gasteiger partial charge is 0.463 e. The van der Waals surface area contributed by atoms with Gasteiger partial charge in [0.05, 0.1) is 23.7 Å². The van der Waals surface area contributed by atoms with Crippen molar-refractivity contribution in [3.05, 3.63) is 48.2 Å². The molecule has 1 saturated carbocycles. The number of nitrogens with zero attached hydrogens (tertiary/aromatic N) is 4. The van der Waals surface area contributed by atoms with Gasteiger partial charge in [-0.2, -0.15) is 9.78 Å². The lowest BCUT2D eigenvalue weighted by Crippen LogP contribution is -2.54. The molecule has 1 aliphatic heterocycles. The number of hydrogen-bond donors (Lipinski definition) is 3. The molecule has 41 heavy (non-hydrogen) atoms. The number of benzene rings is 1. The first-order valence-corrected chi connectivity index (χ1v) is 13.0. The van der Waals surface area contributed by atoms with Gasteiger partial charge in [0.2, 0.25) is 23.6 Å². The summed E-state index contributed by atoms with van der Waals surface area (Å²) in [6, 6.07) is 7.84. The highest BCUT2D eigenvalue weighted by Crippen LogP contribution is 2.47. The second-order valence-electron chi connectivity index (χ2n) is 10.4. The van der Waals surface area contributed by atoms with Crippen LogP contribution >= 0.6 is 0 Å². The molecule has 3 aromatic rings. The zero-order valence-electron chi connectivity index (χ0n) is 21.9. The maximum Gasteiger partial charge on any atom is 0.432 e. The highest BCUT2D eigenvalue weighted by Gasteiger charge is 2.53. The minimum Gasteiger partial charge on any atom is -0.463 e. The van der Waals surface area contributed by atoms with Gasteiger partial charge in [0, 0.05) is 31.9 Å². The summed E-state index contributed by atoms with van der Waals surface area (Å²) in [7, 11) is 0. The zero-order valence-corrected chi connectivity index (χ0v) is 21.9. The summed E-state index contributed by atoms with van der Waals surface area (Å²) in [5.41, 5.74) is -0.126. The Morgan fingerprint density at radius 2 is 1.68 bits per heavy atom. The van der Waals surface area contributed by atoms with Crippen LogP contribution in [-0.4, -0.2) is 73.3 Å². The lowest BCUT2D eigenvalue weighted by Gasteiger charge is -2.42. The number of alkyl halides is 3. The summed E-state index contributed by atoms with van der Waals surface area (Å²) in [4.78, 5) is 55.4. The minimum absolute atomic E-state index is 0.0442. The van der Waals surface area contributed by atoms with Crippen LogP contribution < -0.4 is 10.6 Å². The van der Waals surface area contributed by atoms with Crippen molar-refractivity contribution in [2.45, 2.75) is 62.6 Å². The maximum atomic E-state index is 14.7. The molecule has 3 heterocycles. The predicted molar refractivity (Wildman–Crippen MR) is 140 cm³/mol. The molecule has 1 aliphatic carbocycles. The van der Waals surface area contributed by atoms with Crippen molar-refractivity contribution in [3.8, 4) is 0 Å². The first kappa shape index (κ1) is 28.1. The van der Waals surface area contributed by atoms with E-state index in [1.54, 1.807) is 24.3 Å². The Balaban J connectivity index is 1.42. The SMILES string of the molecule is CC(=O)Nc1ccc(C2(C(=O)N3C[C@H](F)C[C@@H]3C(=O)Nc3ccc4c(cnn4C(=O)O)n3)CCC(F)(F)CC2)cc1. The van der Waals surface area contributed by atoms with E-state index in [2.05, 4.69) is 20.7 Å². The number of carbonyl (C=O) groups excluding carboxylic acids is 3. The number of fused-ring (bicyclic) bond motifs is 1. The summed E-state index contributed by atoms with van der Waals surface area (Å²) in [5, 5.41) is 18.1. The van der Waals surface area contributed by atoms with Crippen LogP contribution in [-0.2, 0) is 19.8 Å². The van der Waals surface area contributed by atoms with Gasteiger partial charge >= 0.3 is 6.09 Å². The molecule has 11 nitrogen and oxygen atoms in total.